The zero-order valence-corrected chi connectivity index (χ0v) is 12.6. The maximum absolute atomic E-state index is 11.8. The summed E-state index contributed by atoms with van der Waals surface area (Å²) in [5, 5.41) is 0.535. The highest BCUT2D eigenvalue weighted by atomic mass is 35.5. The van der Waals surface area contributed by atoms with Gasteiger partial charge in [0.1, 0.15) is 6.54 Å². The Bertz CT molecular complexity index is 571. The molecule has 0 saturated carbocycles. The lowest BCUT2D eigenvalue weighted by atomic mass is 10.2. The highest BCUT2D eigenvalue weighted by molar-refractivity contribution is 7.92. The Hall–Kier alpha value is -1.27. The van der Waals surface area contributed by atoms with Crippen LogP contribution < -0.4 is 4.31 Å². The predicted molar refractivity (Wildman–Crippen MR) is 75.0 cm³/mol. The van der Waals surface area contributed by atoms with Crippen molar-refractivity contribution < 1.29 is 17.9 Å². The fraction of sp³-hybridized carbons (Fsp3) is 0.417. The number of ether oxygens (including phenoxy) is 1. The van der Waals surface area contributed by atoms with Crippen LogP contribution in [0.25, 0.3) is 0 Å². The summed E-state index contributed by atoms with van der Waals surface area (Å²) in [5.41, 5.74) is 1.12. The van der Waals surface area contributed by atoms with Crippen molar-refractivity contribution in [2.24, 2.45) is 0 Å². The van der Waals surface area contributed by atoms with Gasteiger partial charge in [0.05, 0.1) is 18.6 Å². The van der Waals surface area contributed by atoms with Crippen LogP contribution >= 0.6 is 11.6 Å². The number of aryl methyl sites for hydroxylation is 1. The smallest absolute Gasteiger partial charge is 0.326 e. The Morgan fingerprint density at radius 3 is 2.53 bits per heavy atom. The number of benzene rings is 1. The lowest BCUT2D eigenvalue weighted by Crippen LogP contribution is -2.35. The molecule has 0 bridgehead atoms. The van der Waals surface area contributed by atoms with E-state index in [-0.39, 0.29) is 13.2 Å². The summed E-state index contributed by atoms with van der Waals surface area (Å²) in [5.74, 6) is -0.597. The van der Waals surface area contributed by atoms with Crippen molar-refractivity contribution in [3.05, 3.63) is 28.8 Å². The van der Waals surface area contributed by atoms with Crippen molar-refractivity contribution in [2.75, 3.05) is 23.7 Å². The third-order valence-corrected chi connectivity index (χ3v) is 3.97. The van der Waals surface area contributed by atoms with Gasteiger partial charge in [0.2, 0.25) is 10.0 Å². The van der Waals surface area contributed by atoms with Crippen LogP contribution in [-0.2, 0) is 19.6 Å². The van der Waals surface area contributed by atoms with Gasteiger partial charge in [0.15, 0.2) is 0 Å². The van der Waals surface area contributed by atoms with Crippen LogP contribution in [0.2, 0.25) is 5.02 Å². The molecule has 0 radical (unpaired) electrons. The van der Waals surface area contributed by atoms with Gasteiger partial charge in [-0.2, -0.15) is 0 Å². The van der Waals surface area contributed by atoms with E-state index in [0.717, 1.165) is 16.1 Å². The van der Waals surface area contributed by atoms with Crippen molar-refractivity contribution in [2.45, 2.75) is 13.8 Å². The molecule has 0 aliphatic carbocycles. The fourth-order valence-electron chi connectivity index (χ4n) is 1.51. The van der Waals surface area contributed by atoms with Gasteiger partial charge < -0.3 is 4.74 Å². The van der Waals surface area contributed by atoms with Crippen molar-refractivity contribution in [1.29, 1.82) is 0 Å². The molecule has 7 heteroatoms. The van der Waals surface area contributed by atoms with E-state index >= 15 is 0 Å². The van der Waals surface area contributed by atoms with Gasteiger partial charge in [-0.05, 0) is 37.6 Å². The Labute approximate surface area is 118 Å². The van der Waals surface area contributed by atoms with E-state index < -0.39 is 16.0 Å². The first-order valence-electron chi connectivity index (χ1n) is 5.65. The first-order valence-corrected chi connectivity index (χ1v) is 7.87. The summed E-state index contributed by atoms with van der Waals surface area (Å²) in [6.07, 6.45) is 1.04. The highest BCUT2D eigenvalue weighted by Gasteiger charge is 2.21. The molecule has 106 valence electrons. The molecular weight excluding hydrogens is 290 g/mol. The second-order valence-electron chi connectivity index (χ2n) is 4.01. The lowest BCUT2D eigenvalue weighted by Gasteiger charge is -2.21. The van der Waals surface area contributed by atoms with E-state index in [4.69, 9.17) is 16.3 Å². The third-order valence-electron chi connectivity index (χ3n) is 2.41. The summed E-state index contributed by atoms with van der Waals surface area (Å²) >= 11 is 5.90. The molecule has 0 amide bonds. The van der Waals surface area contributed by atoms with Gasteiger partial charge in [0, 0.05) is 5.02 Å². The largest absolute Gasteiger partial charge is 0.465 e. The third kappa shape index (κ3) is 4.40. The van der Waals surface area contributed by atoms with E-state index in [1.807, 2.05) is 0 Å². The summed E-state index contributed by atoms with van der Waals surface area (Å²) < 4.78 is 29.3. The van der Waals surface area contributed by atoms with Gasteiger partial charge in [-0.1, -0.05) is 11.6 Å². The monoisotopic (exact) mass is 305 g/mol. The minimum Gasteiger partial charge on any atom is -0.465 e. The van der Waals surface area contributed by atoms with E-state index in [9.17, 15) is 13.2 Å². The van der Waals surface area contributed by atoms with E-state index in [2.05, 4.69) is 0 Å². The minimum absolute atomic E-state index is 0.204. The molecule has 19 heavy (non-hydrogen) atoms. The number of rotatable bonds is 5. The van der Waals surface area contributed by atoms with Gasteiger partial charge in [0.25, 0.3) is 0 Å². The molecule has 0 fully saturated rings. The standard InChI is InChI=1S/C12H16ClNO4S/c1-4-18-12(15)8-14(19(3,16)17)10-5-6-11(13)9(2)7-10/h5-7H,4,8H2,1-3H3. The first-order chi connectivity index (χ1) is 8.75. The molecule has 0 aliphatic rings. The molecule has 0 N–H and O–H groups in total. The zero-order chi connectivity index (χ0) is 14.6. The molecule has 0 saturated heterocycles. The normalized spacial score (nSPS) is 11.2. The molecule has 0 aliphatic heterocycles. The second kappa shape index (κ2) is 6.25. The molecule has 0 spiro atoms. The van der Waals surface area contributed by atoms with E-state index in [1.54, 1.807) is 32.0 Å². The van der Waals surface area contributed by atoms with Gasteiger partial charge >= 0.3 is 5.97 Å². The number of halogens is 1. The van der Waals surface area contributed by atoms with E-state index in [0.29, 0.717) is 10.7 Å². The number of hydrogen-bond donors (Lipinski definition) is 0. The minimum atomic E-state index is -3.57. The summed E-state index contributed by atoms with van der Waals surface area (Å²) in [4.78, 5) is 11.5. The van der Waals surface area contributed by atoms with Gasteiger partial charge in [-0.3, -0.25) is 9.10 Å². The Kier molecular flexibility index (Phi) is 5.20. The van der Waals surface area contributed by atoms with Gasteiger partial charge in [-0.15, -0.1) is 0 Å². The summed E-state index contributed by atoms with van der Waals surface area (Å²) in [6, 6.07) is 4.76. The lowest BCUT2D eigenvalue weighted by molar-refractivity contribution is -0.141. The molecule has 0 unspecified atom stereocenters. The molecule has 0 atom stereocenters. The van der Waals surface area contributed by atoms with Crippen LogP contribution in [0.15, 0.2) is 18.2 Å². The maximum atomic E-state index is 11.8. The molecule has 1 aromatic carbocycles. The van der Waals surface area contributed by atoms with Crippen molar-refractivity contribution >= 4 is 33.3 Å². The van der Waals surface area contributed by atoms with Crippen LogP contribution in [0.4, 0.5) is 5.69 Å². The van der Waals surface area contributed by atoms with E-state index in [1.165, 1.54) is 0 Å². The number of sulfonamides is 1. The molecule has 5 nitrogen and oxygen atoms in total. The average molecular weight is 306 g/mol. The fourth-order valence-corrected chi connectivity index (χ4v) is 2.46. The van der Waals surface area contributed by atoms with Crippen molar-refractivity contribution in [3.8, 4) is 0 Å². The maximum Gasteiger partial charge on any atom is 0.326 e. The highest BCUT2D eigenvalue weighted by Crippen LogP contribution is 2.24. The quantitative estimate of drug-likeness (QED) is 0.780. The predicted octanol–water partition coefficient (Wildman–Crippen LogP) is 1.98. The summed E-state index contributed by atoms with van der Waals surface area (Å²) in [6.45, 7) is 3.27. The summed E-state index contributed by atoms with van der Waals surface area (Å²) in [7, 11) is -3.57. The zero-order valence-electron chi connectivity index (χ0n) is 11.0. The first kappa shape index (κ1) is 15.8. The topological polar surface area (TPSA) is 63.7 Å². The van der Waals surface area contributed by atoms with Crippen LogP contribution in [-0.4, -0.2) is 33.8 Å². The number of anilines is 1. The molecular formula is C12H16ClNO4S. The Morgan fingerprint density at radius 1 is 1.42 bits per heavy atom. The number of esters is 1. The van der Waals surface area contributed by atoms with Crippen LogP contribution in [0, 0.1) is 6.92 Å². The number of hydrogen-bond acceptors (Lipinski definition) is 4. The average Bonchev–Trinajstić information content (AvgIpc) is 2.29. The number of nitrogens with zero attached hydrogens (tertiary/aromatic N) is 1. The SMILES string of the molecule is CCOC(=O)CN(c1ccc(Cl)c(C)c1)S(C)(=O)=O. The number of carbonyl (C=O) groups excluding carboxylic acids is 1. The van der Waals surface area contributed by atoms with Crippen LogP contribution in [0.5, 0.6) is 0 Å². The van der Waals surface area contributed by atoms with Crippen molar-refractivity contribution in [3.63, 3.8) is 0 Å². The molecule has 1 aromatic rings. The Balaban J connectivity index is 3.10. The Morgan fingerprint density at radius 2 is 2.05 bits per heavy atom. The number of carbonyl (C=O) groups is 1. The van der Waals surface area contributed by atoms with Crippen LogP contribution in [0.3, 0.4) is 0 Å². The molecule has 0 aromatic heterocycles. The van der Waals surface area contributed by atoms with Crippen LogP contribution in [0.1, 0.15) is 12.5 Å². The second-order valence-corrected chi connectivity index (χ2v) is 6.32. The van der Waals surface area contributed by atoms with Crippen molar-refractivity contribution in [1.82, 2.24) is 0 Å². The van der Waals surface area contributed by atoms with Gasteiger partial charge in [-0.25, -0.2) is 8.42 Å². The molecule has 1 rings (SSSR count). The molecule has 0 heterocycles.